The highest BCUT2D eigenvalue weighted by atomic mass is 32.1. The molecule has 208 valence electrons. The molecule has 1 aromatic heterocycles. The van der Waals surface area contributed by atoms with Crippen molar-refractivity contribution in [2.45, 2.75) is 65.3 Å². The largest absolute Gasteiger partial charge is 0.391 e. The lowest BCUT2D eigenvalue weighted by molar-refractivity contribution is -0.144. The number of aliphatic hydroxyl groups is 1. The van der Waals surface area contributed by atoms with Crippen LogP contribution >= 0.6 is 11.3 Å². The van der Waals surface area contributed by atoms with Crippen LogP contribution in [-0.4, -0.2) is 77.2 Å². The summed E-state index contributed by atoms with van der Waals surface area (Å²) in [5.41, 5.74) is 9.52. The fourth-order valence-electron chi connectivity index (χ4n) is 4.47. The number of nitrogens with two attached hydrogens (primary N) is 1. The fourth-order valence-corrected chi connectivity index (χ4v) is 5.28. The number of β-amino-alcohol motifs (C(OH)–C–C–N with tert-alkyl or cyclic N) is 1. The number of benzene rings is 1. The number of aromatic nitrogens is 1. The molecule has 2 aromatic rings. The van der Waals surface area contributed by atoms with Crippen molar-refractivity contribution in [1.82, 2.24) is 20.5 Å². The highest BCUT2D eigenvalue weighted by Crippen LogP contribution is 2.29. The van der Waals surface area contributed by atoms with E-state index in [-0.39, 0.29) is 44.7 Å². The number of ether oxygens (including phenoxy) is 1. The van der Waals surface area contributed by atoms with Crippen LogP contribution in [0.3, 0.4) is 0 Å². The Hall–Kier alpha value is -2.86. The Bertz CT molecular complexity index is 1110. The summed E-state index contributed by atoms with van der Waals surface area (Å²) in [6, 6.07) is 5.86. The van der Waals surface area contributed by atoms with Crippen LogP contribution in [0, 0.1) is 12.3 Å². The predicted octanol–water partition coefficient (Wildman–Crippen LogP) is 1.76. The van der Waals surface area contributed by atoms with Gasteiger partial charge in [0.05, 0.1) is 34.8 Å². The minimum absolute atomic E-state index is 0.0142. The monoisotopic (exact) mass is 545 g/mol. The van der Waals surface area contributed by atoms with Gasteiger partial charge in [0.1, 0.15) is 18.7 Å². The second-order valence-electron chi connectivity index (χ2n) is 10.7. The molecule has 1 aliphatic rings. The van der Waals surface area contributed by atoms with Crippen LogP contribution in [0.5, 0.6) is 0 Å². The highest BCUT2D eigenvalue weighted by molar-refractivity contribution is 7.13. The second-order valence-corrected chi connectivity index (χ2v) is 11.6. The van der Waals surface area contributed by atoms with E-state index in [1.807, 2.05) is 64.4 Å². The molecule has 1 fully saturated rings. The Morgan fingerprint density at radius 2 is 1.92 bits per heavy atom. The fraction of sp³-hybridized carbons (Fsp3) is 0.556. The standard InChI is InChI=1S/C27H39N5O5S/c1-16(18-6-8-19(9-7-18)23-17(2)29-15-38-23)30-25(35)21-12-20(33)13-32(21)26(36)24(27(3,4)5)31-22(34)14-37-11-10-28/h6-9,15-16,20-21,24,33H,10-14,28H2,1-5H3,(H,30,35)(H,31,34). The number of amides is 3. The van der Waals surface area contributed by atoms with Gasteiger partial charge in [-0.2, -0.15) is 0 Å². The van der Waals surface area contributed by atoms with Crippen molar-refractivity contribution in [2.24, 2.45) is 11.1 Å². The Balaban J connectivity index is 1.69. The van der Waals surface area contributed by atoms with Crippen molar-refractivity contribution in [3.8, 4) is 10.4 Å². The first kappa shape index (κ1) is 29.7. The number of nitrogens with zero attached hydrogens (tertiary/aromatic N) is 2. The Kier molecular flexibility index (Phi) is 10.00. The van der Waals surface area contributed by atoms with Gasteiger partial charge >= 0.3 is 0 Å². The molecule has 0 radical (unpaired) electrons. The van der Waals surface area contributed by atoms with E-state index in [0.29, 0.717) is 0 Å². The molecule has 2 heterocycles. The van der Waals surface area contributed by atoms with Gasteiger partial charge in [0.15, 0.2) is 0 Å². The summed E-state index contributed by atoms with van der Waals surface area (Å²) >= 11 is 1.58. The maximum absolute atomic E-state index is 13.6. The summed E-state index contributed by atoms with van der Waals surface area (Å²) in [5, 5.41) is 16.1. The zero-order valence-electron chi connectivity index (χ0n) is 22.7. The number of nitrogens with one attached hydrogen (secondary N) is 2. The lowest BCUT2D eigenvalue weighted by atomic mass is 9.85. The zero-order valence-corrected chi connectivity index (χ0v) is 23.5. The van der Waals surface area contributed by atoms with Gasteiger partial charge < -0.3 is 31.1 Å². The van der Waals surface area contributed by atoms with Crippen LogP contribution in [0.4, 0.5) is 0 Å². The van der Waals surface area contributed by atoms with E-state index in [9.17, 15) is 19.5 Å². The number of aryl methyl sites for hydroxylation is 1. The molecule has 4 atom stereocenters. The van der Waals surface area contributed by atoms with E-state index in [4.69, 9.17) is 10.5 Å². The van der Waals surface area contributed by atoms with E-state index in [1.54, 1.807) is 11.3 Å². The smallest absolute Gasteiger partial charge is 0.246 e. The van der Waals surface area contributed by atoms with E-state index < -0.39 is 35.4 Å². The average molecular weight is 546 g/mol. The quantitative estimate of drug-likeness (QED) is 0.333. The van der Waals surface area contributed by atoms with E-state index >= 15 is 0 Å². The van der Waals surface area contributed by atoms with Crippen molar-refractivity contribution in [2.75, 3.05) is 26.3 Å². The minimum atomic E-state index is -0.905. The van der Waals surface area contributed by atoms with Gasteiger partial charge in [-0.1, -0.05) is 45.0 Å². The van der Waals surface area contributed by atoms with Crippen LogP contribution in [0.25, 0.3) is 10.4 Å². The Labute approximate surface area is 228 Å². The Morgan fingerprint density at radius 1 is 1.24 bits per heavy atom. The summed E-state index contributed by atoms with van der Waals surface area (Å²) in [5.74, 6) is -1.22. The Morgan fingerprint density at radius 3 is 2.50 bits per heavy atom. The van der Waals surface area contributed by atoms with Crippen molar-refractivity contribution in [3.05, 3.63) is 41.0 Å². The van der Waals surface area contributed by atoms with E-state index in [1.165, 1.54) is 4.90 Å². The highest BCUT2D eigenvalue weighted by Gasteiger charge is 2.44. The molecular formula is C27H39N5O5S. The topological polar surface area (TPSA) is 147 Å². The van der Waals surface area contributed by atoms with Crippen molar-refractivity contribution >= 4 is 29.1 Å². The normalized spacial score (nSPS) is 19.2. The molecule has 5 N–H and O–H groups in total. The van der Waals surface area contributed by atoms with Crippen molar-refractivity contribution in [3.63, 3.8) is 0 Å². The van der Waals surface area contributed by atoms with Crippen LogP contribution in [0.1, 0.15) is 51.4 Å². The average Bonchev–Trinajstić information content (AvgIpc) is 3.47. The van der Waals surface area contributed by atoms with Gasteiger partial charge in [-0.3, -0.25) is 14.4 Å². The maximum Gasteiger partial charge on any atom is 0.246 e. The number of carbonyl (C=O) groups is 3. The molecule has 4 unspecified atom stereocenters. The second kappa shape index (κ2) is 12.8. The molecule has 0 aliphatic carbocycles. The first-order valence-corrected chi connectivity index (χ1v) is 13.7. The SMILES string of the molecule is Cc1ncsc1-c1ccc(C(C)NC(=O)C2CC(O)CN2C(=O)C(NC(=O)COCCN)C(C)(C)C)cc1. The first-order chi connectivity index (χ1) is 17.9. The van der Waals surface area contributed by atoms with Gasteiger partial charge in [0.2, 0.25) is 17.7 Å². The van der Waals surface area contributed by atoms with E-state index in [2.05, 4.69) is 15.6 Å². The third-order valence-corrected chi connectivity index (χ3v) is 7.53. The molecule has 0 bridgehead atoms. The van der Waals surface area contributed by atoms with Crippen LogP contribution in [0.15, 0.2) is 29.8 Å². The summed E-state index contributed by atoms with van der Waals surface area (Å²) in [4.78, 5) is 46.1. The number of hydrogen-bond acceptors (Lipinski definition) is 8. The summed E-state index contributed by atoms with van der Waals surface area (Å²) in [6.07, 6.45) is -0.714. The van der Waals surface area contributed by atoms with Crippen LogP contribution in [-0.2, 0) is 19.1 Å². The van der Waals surface area contributed by atoms with Crippen LogP contribution < -0.4 is 16.4 Å². The molecule has 1 aliphatic heterocycles. The summed E-state index contributed by atoms with van der Waals surface area (Å²) < 4.78 is 5.19. The van der Waals surface area contributed by atoms with Crippen molar-refractivity contribution < 1.29 is 24.2 Å². The molecule has 0 saturated carbocycles. The number of hydrogen-bond donors (Lipinski definition) is 4. The molecule has 1 saturated heterocycles. The molecule has 3 rings (SSSR count). The first-order valence-electron chi connectivity index (χ1n) is 12.8. The zero-order chi connectivity index (χ0) is 28.0. The number of aliphatic hydroxyl groups excluding tert-OH is 1. The lowest BCUT2D eigenvalue weighted by Gasteiger charge is -2.35. The lowest BCUT2D eigenvalue weighted by Crippen LogP contribution is -2.58. The third-order valence-electron chi connectivity index (χ3n) is 6.56. The van der Waals surface area contributed by atoms with E-state index in [0.717, 1.165) is 21.7 Å². The number of likely N-dealkylation sites (tertiary alicyclic amines) is 1. The molecule has 3 amide bonds. The van der Waals surface area contributed by atoms with Gasteiger partial charge in [-0.15, -0.1) is 11.3 Å². The summed E-state index contributed by atoms with van der Waals surface area (Å²) in [7, 11) is 0. The molecule has 38 heavy (non-hydrogen) atoms. The summed E-state index contributed by atoms with van der Waals surface area (Å²) in [6.45, 7) is 9.65. The number of carbonyl (C=O) groups excluding carboxylic acids is 3. The molecule has 10 nitrogen and oxygen atoms in total. The van der Waals surface area contributed by atoms with Gasteiger partial charge in [-0.25, -0.2) is 4.98 Å². The molecule has 1 aromatic carbocycles. The van der Waals surface area contributed by atoms with Gasteiger partial charge in [0, 0.05) is 19.5 Å². The molecule has 11 heteroatoms. The molecular weight excluding hydrogens is 506 g/mol. The van der Waals surface area contributed by atoms with Gasteiger partial charge in [0.25, 0.3) is 0 Å². The number of rotatable bonds is 10. The maximum atomic E-state index is 13.6. The predicted molar refractivity (Wildman–Crippen MR) is 146 cm³/mol. The minimum Gasteiger partial charge on any atom is -0.391 e. The third kappa shape index (κ3) is 7.37. The van der Waals surface area contributed by atoms with Crippen molar-refractivity contribution in [1.29, 1.82) is 0 Å². The number of thiazole rings is 1. The van der Waals surface area contributed by atoms with Crippen LogP contribution in [0.2, 0.25) is 0 Å². The van der Waals surface area contributed by atoms with Gasteiger partial charge in [-0.05, 0) is 30.4 Å². The molecule has 0 spiro atoms.